The molecule has 0 unspecified atom stereocenters. The molecule has 0 heterocycles. The van der Waals surface area contributed by atoms with Crippen molar-refractivity contribution in [2.24, 2.45) is 0 Å². The molecule has 2 nitrogen and oxygen atoms in total. The number of rotatable bonds is 4. The Bertz CT molecular complexity index is 162. The van der Waals surface area contributed by atoms with Crippen molar-refractivity contribution >= 4 is 5.97 Å². The molecule has 0 bridgehead atoms. The van der Waals surface area contributed by atoms with Crippen molar-refractivity contribution in [1.82, 2.24) is 0 Å². The van der Waals surface area contributed by atoms with Crippen molar-refractivity contribution in [2.45, 2.75) is 39.0 Å². The standard InChI is InChI=1S/C9H14O2/c1-2-3-4-5-6-7-8-9(10)11/h2-3,6-8H2,1H3,(H,10,11). The number of carboxylic acid groups (broad SMARTS) is 1. The van der Waals surface area contributed by atoms with Crippen LogP contribution in [-0.2, 0) is 4.79 Å². The number of carboxylic acids is 1. The molecule has 0 fully saturated rings. The van der Waals surface area contributed by atoms with E-state index in [1.165, 1.54) is 0 Å². The van der Waals surface area contributed by atoms with Gasteiger partial charge in [-0.25, -0.2) is 0 Å². The molecule has 0 atom stereocenters. The molecule has 0 aliphatic heterocycles. The molecule has 2 heteroatoms. The Morgan fingerprint density at radius 2 is 2.00 bits per heavy atom. The van der Waals surface area contributed by atoms with Crippen LogP contribution in [0.25, 0.3) is 0 Å². The number of aliphatic carboxylic acids is 1. The number of unbranched alkanes of at least 4 members (excludes halogenated alkanes) is 2. The van der Waals surface area contributed by atoms with Crippen molar-refractivity contribution in [1.29, 1.82) is 0 Å². The van der Waals surface area contributed by atoms with Crippen LogP contribution >= 0.6 is 0 Å². The van der Waals surface area contributed by atoms with Gasteiger partial charge in [-0.05, 0) is 12.8 Å². The van der Waals surface area contributed by atoms with E-state index in [0.717, 1.165) is 12.8 Å². The van der Waals surface area contributed by atoms with E-state index in [1.807, 2.05) is 0 Å². The molecule has 0 saturated carbocycles. The first kappa shape index (κ1) is 10.0. The third-order valence-corrected chi connectivity index (χ3v) is 1.19. The number of carbonyl (C=O) groups is 1. The predicted octanol–water partition coefficient (Wildman–Crippen LogP) is 2.04. The summed E-state index contributed by atoms with van der Waals surface area (Å²) in [4.78, 5) is 10.0. The van der Waals surface area contributed by atoms with Gasteiger partial charge in [-0.1, -0.05) is 6.92 Å². The molecule has 0 aliphatic rings. The summed E-state index contributed by atoms with van der Waals surface area (Å²) in [7, 11) is 0. The monoisotopic (exact) mass is 154 g/mol. The molecular weight excluding hydrogens is 140 g/mol. The highest BCUT2D eigenvalue weighted by Gasteiger charge is 1.92. The maximum atomic E-state index is 10.0. The molecule has 0 spiro atoms. The lowest BCUT2D eigenvalue weighted by Crippen LogP contribution is -1.92. The smallest absolute Gasteiger partial charge is 0.303 e. The van der Waals surface area contributed by atoms with E-state index < -0.39 is 5.97 Å². The van der Waals surface area contributed by atoms with E-state index in [4.69, 9.17) is 5.11 Å². The zero-order valence-corrected chi connectivity index (χ0v) is 6.89. The second kappa shape index (κ2) is 7.14. The van der Waals surface area contributed by atoms with E-state index in [0.29, 0.717) is 12.8 Å². The molecule has 0 amide bonds. The third kappa shape index (κ3) is 9.03. The molecule has 0 aromatic heterocycles. The number of hydrogen-bond donors (Lipinski definition) is 1. The fraction of sp³-hybridized carbons (Fsp3) is 0.667. The van der Waals surface area contributed by atoms with Crippen LogP contribution < -0.4 is 0 Å². The number of hydrogen-bond acceptors (Lipinski definition) is 1. The molecule has 11 heavy (non-hydrogen) atoms. The first-order chi connectivity index (χ1) is 5.27. The fourth-order valence-corrected chi connectivity index (χ4v) is 0.630. The van der Waals surface area contributed by atoms with Gasteiger partial charge in [-0.2, -0.15) is 0 Å². The first-order valence-electron chi connectivity index (χ1n) is 3.95. The van der Waals surface area contributed by atoms with Gasteiger partial charge in [0.2, 0.25) is 0 Å². The van der Waals surface area contributed by atoms with Crippen LogP contribution in [0.3, 0.4) is 0 Å². The minimum absolute atomic E-state index is 0.237. The molecule has 0 aromatic carbocycles. The topological polar surface area (TPSA) is 37.3 Å². The molecule has 0 radical (unpaired) electrons. The summed E-state index contributed by atoms with van der Waals surface area (Å²) in [5.41, 5.74) is 0. The molecule has 0 aromatic rings. The Kier molecular flexibility index (Phi) is 6.51. The molecule has 0 aliphatic carbocycles. The highest BCUT2D eigenvalue weighted by Crippen LogP contribution is 1.93. The zero-order chi connectivity index (χ0) is 8.53. The van der Waals surface area contributed by atoms with E-state index in [2.05, 4.69) is 18.8 Å². The minimum Gasteiger partial charge on any atom is -0.481 e. The minimum atomic E-state index is -0.734. The highest BCUT2D eigenvalue weighted by atomic mass is 16.4. The maximum Gasteiger partial charge on any atom is 0.303 e. The normalized spacial score (nSPS) is 8.45. The summed E-state index contributed by atoms with van der Waals surface area (Å²) in [6.07, 6.45) is 3.62. The van der Waals surface area contributed by atoms with E-state index in [1.54, 1.807) is 0 Å². The van der Waals surface area contributed by atoms with Crippen LogP contribution in [0, 0.1) is 11.8 Å². The van der Waals surface area contributed by atoms with Crippen molar-refractivity contribution in [3.8, 4) is 11.8 Å². The summed E-state index contributed by atoms with van der Waals surface area (Å²) >= 11 is 0. The van der Waals surface area contributed by atoms with Crippen LogP contribution in [0.1, 0.15) is 39.0 Å². The highest BCUT2D eigenvalue weighted by molar-refractivity contribution is 5.66. The summed E-state index contributed by atoms with van der Waals surface area (Å²) < 4.78 is 0. The zero-order valence-electron chi connectivity index (χ0n) is 6.89. The maximum absolute atomic E-state index is 10.0. The predicted molar refractivity (Wildman–Crippen MR) is 44.2 cm³/mol. The van der Waals surface area contributed by atoms with Gasteiger partial charge in [0.05, 0.1) is 0 Å². The lowest BCUT2D eigenvalue weighted by Gasteiger charge is -1.87. The SMILES string of the molecule is CCCC#CCCCC(=O)O. The van der Waals surface area contributed by atoms with Crippen LogP contribution in [0.4, 0.5) is 0 Å². The Morgan fingerprint density at radius 3 is 2.55 bits per heavy atom. The van der Waals surface area contributed by atoms with Crippen LogP contribution in [0.2, 0.25) is 0 Å². The average Bonchev–Trinajstić information content (AvgIpc) is 1.96. The van der Waals surface area contributed by atoms with Gasteiger partial charge in [0.25, 0.3) is 0 Å². The van der Waals surface area contributed by atoms with Gasteiger partial charge < -0.3 is 5.11 Å². The van der Waals surface area contributed by atoms with Crippen LogP contribution in [0.15, 0.2) is 0 Å². The molecule has 0 rings (SSSR count). The summed E-state index contributed by atoms with van der Waals surface area (Å²) in [6.45, 7) is 2.08. The largest absolute Gasteiger partial charge is 0.481 e. The summed E-state index contributed by atoms with van der Waals surface area (Å²) in [5.74, 6) is 5.16. The Morgan fingerprint density at radius 1 is 1.36 bits per heavy atom. The first-order valence-corrected chi connectivity index (χ1v) is 3.95. The second-order valence-electron chi connectivity index (χ2n) is 2.35. The van der Waals surface area contributed by atoms with Gasteiger partial charge in [0, 0.05) is 19.3 Å². The van der Waals surface area contributed by atoms with Crippen molar-refractivity contribution in [2.75, 3.05) is 0 Å². The Labute approximate surface area is 67.6 Å². The van der Waals surface area contributed by atoms with Crippen LogP contribution in [0.5, 0.6) is 0 Å². The van der Waals surface area contributed by atoms with Crippen LogP contribution in [-0.4, -0.2) is 11.1 Å². The van der Waals surface area contributed by atoms with E-state index in [9.17, 15) is 4.79 Å². The molecule has 0 saturated heterocycles. The average molecular weight is 154 g/mol. The van der Waals surface area contributed by atoms with Crippen molar-refractivity contribution in [3.05, 3.63) is 0 Å². The van der Waals surface area contributed by atoms with Gasteiger partial charge in [0.1, 0.15) is 0 Å². The van der Waals surface area contributed by atoms with E-state index >= 15 is 0 Å². The van der Waals surface area contributed by atoms with Crippen molar-refractivity contribution < 1.29 is 9.90 Å². The fourth-order valence-electron chi connectivity index (χ4n) is 0.630. The second-order valence-corrected chi connectivity index (χ2v) is 2.35. The summed E-state index contributed by atoms with van der Waals surface area (Å²) in [5, 5.41) is 8.27. The molecular formula is C9H14O2. The van der Waals surface area contributed by atoms with Gasteiger partial charge in [0.15, 0.2) is 0 Å². The Hall–Kier alpha value is -0.970. The van der Waals surface area contributed by atoms with Crippen molar-refractivity contribution in [3.63, 3.8) is 0 Å². The Balaban J connectivity index is 3.15. The van der Waals surface area contributed by atoms with Gasteiger partial charge >= 0.3 is 5.97 Å². The van der Waals surface area contributed by atoms with E-state index in [-0.39, 0.29) is 6.42 Å². The lowest BCUT2D eigenvalue weighted by molar-refractivity contribution is -0.137. The van der Waals surface area contributed by atoms with Gasteiger partial charge in [-0.3, -0.25) is 4.79 Å². The van der Waals surface area contributed by atoms with Gasteiger partial charge in [-0.15, -0.1) is 11.8 Å². The summed E-state index contributed by atoms with van der Waals surface area (Å²) in [6, 6.07) is 0. The molecule has 1 N–H and O–H groups in total. The third-order valence-electron chi connectivity index (χ3n) is 1.19. The quantitative estimate of drug-likeness (QED) is 0.497. The lowest BCUT2D eigenvalue weighted by atomic mass is 10.2. The molecule has 62 valence electrons.